The highest BCUT2D eigenvalue weighted by Gasteiger charge is 2.33. The number of benzene rings is 1. The van der Waals surface area contributed by atoms with E-state index in [2.05, 4.69) is 12.3 Å². The molecule has 2 rings (SSSR count). The minimum Gasteiger partial charge on any atom is -0.271 e. The highest BCUT2D eigenvalue weighted by molar-refractivity contribution is 5.35. The van der Waals surface area contributed by atoms with Crippen LogP contribution in [0.25, 0.3) is 0 Å². The van der Waals surface area contributed by atoms with E-state index in [0.717, 1.165) is 30.9 Å². The fraction of sp³-hybridized carbons (Fsp3) is 0.625. The first-order chi connectivity index (χ1) is 9.86. The Kier molecular flexibility index (Phi) is 4.94. The largest absolute Gasteiger partial charge is 0.416 e. The van der Waals surface area contributed by atoms with Crippen LogP contribution in [0.2, 0.25) is 0 Å². The van der Waals surface area contributed by atoms with Gasteiger partial charge in [0.15, 0.2) is 0 Å². The summed E-state index contributed by atoms with van der Waals surface area (Å²) in [4.78, 5) is 0. The molecule has 0 bridgehead atoms. The minimum absolute atomic E-state index is 0.0659. The molecule has 0 radical (unpaired) electrons. The van der Waals surface area contributed by atoms with Gasteiger partial charge in [-0.15, -0.1) is 0 Å². The molecule has 1 saturated carbocycles. The van der Waals surface area contributed by atoms with Gasteiger partial charge in [-0.1, -0.05) is 25.8 Å². The monoisotopic (exact) mass is 300 g/mol. The molecule has 1 aromatic rings. The Balaban J connectivity index is 2.23. The second-order valence-corrected chi connectivity index (χ2v) is 6.06. The molecule has 2 nitrogen and oxygen atoms in total. The fourth-order valence-corrected chi connectivity index (χ4v) is 3.47. The summed E-state index contributed by atoms with van der Waals surface area (Å²) in [6.45, 7) is 3.91. The van der Waals surface area contributed by atoms with Gasteiger partial charge in [0.25, 0.3) is 0 Å². The number of aryl methyl sites for hydroxylation is 1. The topological polar surface area (TPSA) is 38.0 Å². The van der Waals surface area contributed by atoms with E-state index < -0.39 is 11.7 Å². The molecule has 0 spiro atoms. The zero-order valence-electron chi connectivity index (χ0n) is 12.5. The van der Waals surface area contributed by atoms with Crippen molar-refractivity contribution < 1.29 is 13.2 Å². The maximum absolute atomic E-state index is 12.7. The molecule has 0 saturated heterocycles. The van der Waals surface area contributed by atoms with E-state index >= 15 is 0 Å². The summed E-state index contributed by atoms with van der Waals surface area (Å²) in [6, 6.07) is 3.87. The van der Waals surface area contributed by atoms with Crippen LogP contribution < -0.4 is 11.3 Å². The van der Waals surface area contributed by atoms with Crippen LogP contribution in [0.4, 0.5) is 13.2 Å². The van der Waals surface area contributed by atoms with Gasteiger partial charge >= 0.3 is 6.18 Å². The lowest BCUT2D eigenvalue weighted by Gasteiger charge is -2.25. The molecule has 1 aliphatic rings. The quantitative estimate of drug-likeness (QED) is 0.641. The van der Waals surface area contributed by atoms with Crippen LogP contribution in [0.1, 0.15) is 55.3 Å². The Morgan fingerprint density at radius 1 is 1.33 bits per heavy atom. The van der Waals surface area contributed by atoms with E-state index in [0.29, 0.717) is 17.4 Å². The number of hydrogen-bond donors (Lipinski definition) is 2. The standard InChI is InChI=1S/C16H23F3N2/c1-3-11-4-5-12(9-11)15(21-20)14-7-6-13(8-10(14)2)16(17,18)19/h6-8,11-12,15,21H,3-5,9,20H2,1-2H3. The first-order valence-electron chi connectivity index (χ1n) is 7.50. The Hall–Kier alpha value is -1.07. The normalized spacial score (nSPS) is 24.3. The van der Waals surface area contributed by atoms with Crippen molar-refractivity contribution in [2.24, 2.45) is 17.7 Å². The smallest absolute Gasteiger partial charge is 0.271 e. The van der Waals surface area contributed by atoms with E-state index in [1.54, 1.807) is 13.0 Å². The number of rotatable bonds is 4. The molecule has 1 aromatic carbocycles. The molecular weight excluding hydrogens is 277 g/mol. The molecule has 0 aliphatic heterocycles. The van der Waals surface area contributed by atoms with Crippen molar-refractivity contribution in [1.82, 2.24) is 5.43 Å². The maximum atomic E-state index is 12.7. The van der Waals surface area contributed by atoms with E-state index in [-0.39, 0.29) is 6.04 Å². The number of hydrogen-bond acceptors (Lipinski definition) is 2. The summed E-state index contributed by atoms with van der Waals surface area (Å²) < 4.78 is 38.2. The summed E-state index contributed by atoms with van der Waals surface area (Å²) in [7, 11) is 0. The highest BCUT2D eigenvalue weighted by atomic mass is 19.4. The molecular formula is C16H23F3N2. The van der Waals surface area contributed by atoms with Crippen molar-refractivity contribution in [2.45, 2.75) is 51.7 Å². The van der Waals surface area contributed by atoms with E-state index in [1.807, 2.05) is 0 Å². The first kappa shape index (κ1) is 16.3. The van der Waals surface area contributed by atoms with Gasteiger partial charge in [0, 0.05) is 6.04 Å². The maximum Gasteiger partial charge on any atom is 0.416 e. The van der Waals surface area contributed by atoms with Crippen molar-refractivity contribution in [3.63, 3.8) is 0 Å². The van der Waals surface area contributed by atoms with Crippen molar-refractivity contribution in [1.29, 1.82) is 0 Å². The van der Waals surface area contributed by atoms with Crippen LogP contribution >= 0.6 is 0 Å². The van der Waals surface area contributed by atoms with Crippen molar-refractivity contribution in [2.75, 3.05) is 0 Å². The second-order valence-electron chi connectivity index (χ2n) is 6.06. The zero-order valence-corrected chi connectivity index (χ0v) is 12.5. The predicted octanol–water partition coefficient (Wildman–Crippen LogP) is 4.34. The average Bonchev–Trinajstić information content (AvgIpc) is 2.89. The van der Waals surface area contributed by atoms with Gasteiger partial charge in [0.1, 0.15) is 0 Å². The third-order valence-electron chi connectivity index (χ3n) is 4.74. The molecule has 118 valence electrons. The van der Waals surface area contributed by atoms with Gasteiger partial charge in [-0.3, -0.25) is 11.3 Å². The first-order valence-corrected chi connectivity index (χ1v) is 7.50. The van der Waals surface area contributed by atoms with Gasteiger partial charge in [-0.25, -0.2) is 0 Å². The molecule has 1 aliphatic carbocycles. The van der Waals surface area contributed by atoms with Crippen molar-refractivity contribution >= 4 is 0 Å². The Morgan fingerprint density at radius 2 is 2.05 bits per heavy atom. The third-order valence-corrected chi connectivity index (χ3v) is 4.74. The van der Waals surface area contributed by atoms with Crippen molar-refractivity contribution in [3.8, 4) is 0 Å². The lowest BCUT2D eigenvalue weighted by atomic mass is 9.88. The predicted molar refractivity (Wildman–Crippen MR) is 77.4 cm³/mol. The number of hydrazine groups is 1. The van der Waals surface area contributed by atoms with Gasteiger partial charge in [0.2, 0.25) is 0 Å². The van der Waals surface area contributed by atoms with Crippen LogP contribution in [0.3, 0.4) is 0 Å². The van der Waals surface area contributed by atoms with Gasteiger partial charge < -0.3 is 0 Å². The fourth-order valence-electron chi connectivity index (χ4n) is 3.47. The second kappa shape index (κ2) is 6.36. The van der Waals surface area contributed by atoms with Crippen molar-refractivity contribution in [3.05, 3.63) is 34.9 Å². The molecule has 3 atom stereocenters. The molecule has 5 heteroatoms. The molecule has 1 fully saturated rings. The van der Waals surface area contributed by atoms with Gasteiger partial charge in [0.05, 0.1) is 5.56 Å². The molecule has 21 heavy (non-hydrogen) atoms. The summed E-state index contributed by atoms with van der Waals surface area (Å²) in [5, 5.41) is 0. The Morgan fingerprint density at radius 3 is 2.52 bits per heavy atom. The Labute approximate surface area is 123 Å². The molecule has 0 aromatic heterocycles. The highest BCUT2D eigenvalue weighted by Crippen LogP contribution is 2.41. The molecule has 0 heterocycles. The SMILES string of the molecule is CCC1CCC(C(NN)c2ccc(C(F)(F)F)cc2C)C1. The molecule has 0 amide bonds. The summed E-state index contributed by atoms with van der Waals surface area (Å²) >= 11 is 0. The number of alkyl halides is 3. The van der Waals surface area contributed by atoms with E-state index in [1.165, 1.54) is 12.5 Å². The van der Waals surface area contributed by atoms with Crippen LogP contribution in [0.15, 0.2) is 18.2 Å². The zero-order chi connectivity index (χ0) is 15.6. The van der Waals surface area contributed by atoms with Crippen LogP contribution in [0.5, 0.6) is 0 Å². The average molecular weight is 300 g/mol. The summed E-state index contributed by atoms with van der Waals surface area (Å²) in [5.41, 5.74) is 3.75. The van der Waals surface area contributed by atoms with Crippen LogP contribution in [0, 0.1) is 18.8 Å². The number of nitrogens with two attached hydrogens (primary N) is 1. The van der Waals surface area contributed by atoms with Gasteiger partial charge in [-0.05, 0) is 54.9 Å². The Bertz CT molecular complexity index is 485. The number of nitrogens with one attached hydrogen (secondary N) is 1. The van der Waals surface area contributed by atoms with E-state index in [9.17, 15) is 13.2 Å². The van der Waals surface area contributed by atoms with Crippen LogP contribution in [-0.4, -0.2) is 0 Å². The van der Waals surface area contributed by atoms with Gasteiger partial charge in [-0.2, -0.15) is 13.2 Å². The third kappa shape index (κ3) is 3.58. The number of halogens is 3. The lowest BCUT2D eigenvalue weighted by Crippen LogP contribution is -2.33. The molecule has 3 N–H and O–H groups in total. The minimum atomic E-state index is -4.30. The molecule has 3 unspecified atom stereocenters. The summed E-state index contributed by atoms with van der Waals surface area (Å²) in [6.07, 6.45) is 0.202. The lowest BCUT2D eigenvalue weighted by molar-refractivity contribution is -0.137. The van der Waals surface area contributed by atoms with E-state index in [4.69, 9.17) is 5.84 Å². The summed E-state index contributed by atoms with van der Waals surface area (Å²) in [5.74, 6) is 6.80. The van der Waals surface area contributed by atoms with Crippen LogP contribution in [-0.2, 0) is 6.18 Å².